The van der Waals surface area contributed by atoms with E-state index in [-0.39, 0.29) is 11.5 Å². The van der Waals surface area contributed by atoms with Gasteiger partial charge in [0.05, 0.1) is 18.1 Å². The maximum absolute atomic E-state index is 11.4. The highest BCUT2D eigenvalue weighted by molar-refractivity contribution is 7.91. The van der Waals surface area contributed by atoms with Crippen LogP contribution in [-0.4, -0.2) is 53.0 Å². The molecule has 2 aromatic rings. The van der Waals surface area contributed by atoms with Crippen molar-refractivity contribution >= 4 is 9.84 Å². The molecular formula is C12H14N4O3S. The lowest BCUT2D eigenvalue weighted by molar-refractivity contribution is 0.241. The van der Waals surface area contributed by atoms with Gasteiger partial charge in [0.1, 0.15) is 0 Å². The van der Waals surface area contributed by atoms with Gasteiger partial charge >= 0.3 is 0 Å². The number of hydrogen-bond acceptors (Lipinski definition) is 7. The molecule has 1 fully saturated rings. The van der Waals surface area contributed by atoms with Crippen molar-refractivity contribution in [2.45, 2.75) is 6.54 Å². The number of rotatable bonds is 3. The number of sulfone groups is 1. The molecule has 0 spiro atoms. The highest BCUT2D eigenvalue weighted by Gasteiger charge is 2.23. The van der Waals surface area contributed by atoms with Gasteiger partial charge in [-0.1, -0.05) is 5.16 Å². The molecule has 0 aliphatic carbocycles. The third kappa shape index (κ3) is 3.02. The van der Waals surface area contributed by atoms with Crippen LogP contribution in [-0.2, 0) is 16.4 Å². The zero-order chi connectivity index (χ0) is 14.0. The third-order valence-corrected chi connectivity index (χ3v) is 4.79. The SMILES string of the molecule is O=S1(=O)CCN(Cc2nc(-c3cccnc3)no2)CC1. The van der Waals surface area contributed by atoms with Crippen LogP contribution in [0.1, 0.15) is 5.89 Å². The summed E-state index contributed by atoms with van der Waals surface area (Å²) in [6, 6.07) is 3.66. The largest absolute Gasteiger partial charge is 0.338 e. The average Bonchev–Trinajstić information content (AvgIpc) is 2.91. The summed E-state index contributed by atoms with van der Waals surface area (Å²) in [5.41, 5.74) is 0.795. The van der Waals surface area contributed by atoms with E-state index in [0.29, 0.717) is 31.3 Å². The second kappa shape index (κ2) is 5.29. The first-order valence-electron chi connectivity index (χ1n) is 6.28. The van der Waals surface area contributed by atoms with E-state index in [2.05, 4.69) is 15.1 Å². The van der Waals surface area contributed by atoms with E-state index in [4.69, 9.17) is 4.52 Å². The predicted octanol–water partition coefficient (Wildman–Crippen LogP) is 0.362. The molecule has 0 aromatic carbocycles. The van der Waals surface area contributed by atoms with Crippen LogP contribution in [0.5, 0.6) is 0 Å². The smallest absolute Gasteiger partial charge is 0.241 e. The fourth-order valence-electron chi connectivity index (χ4n) is 2.03. The van der Waals surface area contributed by atoms with Gasteiger partial charge < -0.3 is 4.52 Å². The number of nitrogens with zero attached hydrogens (tertiary/aromatic N) is 4. The van der Waals surface area contributed by atoms with E-state index in [1.807, 2.05) is 11.0 Å². The van der Waals surface area contributed by atoms with Crippen LogP contribution in [0.25, 0.3) is 11.4 Å². The molecule has 0 N–H and O–H groups in total. The Bertz CT molecular complexity index is 670. The van der Waals surface area contributed by atoms with Crippen molar-refractivity contribution < 1.29 is 12.9 Å². The van der Waals surface area contributed by atoms with Crippen molar-refractivity contribution in [2.24, 2.45) is 0 Å². The molecule has 0 unspecified atom stereocenters. The fourth-order valence-corrected chi connectivity index (χ4v) is 3.31. The number of aromatic nitrogens is 3. The molecule has 106 valence electrons. The molecule has 20 heavy (non-hydrogen) atoms. The highest BCUT2D eigenvalue weighted by atomic mass is 32.2. The summed E-state index contributed by atoms with van der Waals surface area (Å²) in [6.07, 6.45) is 3.35. The van der Waals surface area contributed by atoms with Crippen molar-refractivity contribution in [3.63, 3.8) is 0 Å². The summed E-state index contributed by atoms with van der Waals surface area (Å²) < 4.78 is 27.9. The van der Waals surface area contributed by atoms with Crippen molar-refractivity contribution in [2.75, 3.05) is 24.6 Å². The second-order valence-electron chi connectivity index (χ2n) is 4.68. The summed E-state index contributed by atoms with van der Waals surface area (Å²) in [5.74, 6) is 1.37. The van der Waals surface area contributed by atoms with Gasteiger partial charge in [0.15, 0.2) is 9.84 Å². The standard InChI is InChI=1S/C12H14N4O3S/c17-20(18)6-4-16(5-7-20)9-11-14-12(15-19-11)10-2-1-3-13-8-10/h1-3,8H,4-7,9H2. The topological polar surface area (TPSA) is 89.2 Å². The summed E-state index contributed by atoms with van der Waals surface area (Å²) >= 11 is 0. The first-order valence-corrected chi connectivity index (χ1v) is 8.10. The van der Waals surface area contributed by atoms with E-state index in [1.54, 1.807) is 18.5 Å². The Kier molecular flexibility index (Phi) is 3.49. The zero-order valence-corrected chi connectivity index (χ0v) is 11.6. The molecule has 7 nitrogen and oxygen atoms in total. The second-order valence-corrected chi connectivity index (χ2v) is 6.99. The third-order valence-electron chi connectivity index (χ3n) is 3.18. The lowest BCUT2D eigenvalue weighted by Gasteiger charge is -2.24. The van der Waals surface area contributed by atoms with Gasteiger partial charge in [-0.25, -0.2) is 8.42 Å². The van der Waals surface area contributed by atoms with Crippen LogP contribution in [0.4, 0.5) is 0 Å². The maximum Gasteiger partial charge on any atom is 0.241 e. The Morgan fingerprint density at radius 3 is 2.80 bits per heavy atom. The van der Waals surface area contributed by atoms with Gasteiger partial charge in [0, 0.05) is 31.0 Å². The molecule has 8 heteroatoms. The minimum atomic E-state index is -2.86. The molecule has 0 saturated carbocycles. The van der Waals surface area contributed by atoms with E-state index in [0.717, 1.165) is 5.56 Å². The van der Waals surface area contributed by atoms with Crippen molar-refractivity contribution in [1.82, 2.24) is 20.0 Å². The Balaban J connectivity index is 1.66. The average molecular weight is 294 g/mol. The number of pyridine rings is 1. The van der Waals surface area contributed by atoms with Crippen LogP contribution in [0.3, 0.4) is 0 Å². The minimum Gasteiger partial charge on any atom is -0.338 e. The highest BCUT2D eigenvalue weighted by Crippen LogP contribution is 2.15. The van der Waals surface area contributed by atoms with Crippen LogP contribution in [0, 0.1) is 0 Å². The molecule has 0 amide bonds. The Morgan fingerprint density at radius 2 is 2.10 bits per heavy atom. The van der Waals surface area contributed by atoms with Gasteiger partial charge in [0.25, 0.3) is 0 Å². The Morgan fingerprint density at radius 1 is 1.30 bits per heavy atom. The molecule has 3 heterocycles. The molecule has 0 bridgehead atoms. The maximum atomic E-state index is 11.4. The van der Waals surface area contributed by atoms with Gasteiger partial charge in [0.2, 0.25) is 11.7 Å². The molecule has 3 rings (SSSR count). The van der Waals surface area contributed by atoms with Crippen LogP contribution in [0.2, 0.25) is 0 Å². The first kappa shape index (κ1) is 13.2. The fraction of sp³-hybridized carbons (Fsp3) is 0.417. The first-order chi connectivity index (χ1) is 9.62. The Hall–Kier alpha value is -1.80. The summed E-state index contributed by atoms with van der Waals surface area (Å²) in [7, 11) is -2.86. The molecular weight excluding hydrogens is 280 g/mol. The van der Waals surface area contributed by atoms with Gasteiger partial charge in [-0.3, -0.25) is 9.88 Å². The summed E-state index contributed by atoms with van der Waals surface area (Å²) in [5, 5.41) is 3.91. The van der Waals surface area contributed by atoms with Gasteiger partial charge in [-0.15, -0.1) is 0 Å². The van der Waals surface area contributed by atoms with Crippen LogP contribution >= 0.6 is 0 Å². The van der Waals surface area contributed by atoms with Gasteiger partial charge in [-0.05, 0) is 12.1 Å². The predicted molar refractivity (Wildman–Crippen MR) is 71.5 cm³/mol. The van der Waals surface area contributed by atoms with Crippen molar-refractivity contribution in [3.05, 3.63) is 30.4 Å². The zero-order valence-electron chi connectivity index (χ0n) is 10.8. The van der Waals surface area contributed by atoms with E-state index < -0.39 is 9.84 Å². The van der Waals surface area contributed by atoms with Gasteiger partial charge in [-0.2, -0.15) is 4.98 Å². The summed E-state index contributed by atoms with van der Waals surface area (Å²) in [4.78, 5) is 10.3. The lowest BCUT2D eigenvalue weighted by atomic mass is 10.3. The molecule has 1 aliphatic heterocycles. The van der Waals surface area contributed by atoms with E-state index in [9.17, 15) is 8.42 Å². The normalized spacial score (nSPS) is 19.0. The van der Waals surface area contributed by atoms with Crippen LogP contribution < -0.4 is 0 Å². The minimum absolute atomic E-state index is 0.191. The molecule has 0 radical (unpaired) electrons. The van der Waals surface area contributed by atoms with E-state index in [1.165, 1.54) is 0 Å². The summed E-state index contributed by atoms with van der Waals surface area (Å²) in [6.45, 7) is 1.49. The number of hydrogen-bond donors (Lipinski definition) is 0. The lowest BCUT2D eigenvalue weighted by Crippen LogP contribution is -2.39. The van der Waals surface area contributed by atoms with Crippen molar-refractivity contribution in [1.29, 1.82) is 0 Å². The quantitative estimate of drug-likeness (QED) is 0.807. The van der Waals surface area contributed by atoms with E-state index >= 15 is 0 Å². The molecule has 1 aliphatic rings. The van der Waals surface area contributed by atoms with Crippen LogP contribution in [0.15, 0.2) is 29.0 Å². The molecule has 2 aromatic heterocycles. The molecule has 1 saturated heterocycles. The van der Waals surface area contributed by atoms with Crippen molar-refractivity contribution in [3.8, 4) is 11.4 Å². The molecule has 0 atom stereocenters. The Labute approximate surface area is 116 Å². The monoisotopic (exact) mass is 294 g/mol.